The van der Waals surface area contributed by atoms with Gasteiger partial charge in [-0.25, -0.2) is 4.98 Å². The second-order valence-electron chi connectivity index (χ2n) is 20.6. The summed E-state index contributed by atoms with van der Waals surface area (Å²) >= 11 is 0. The van der Waals surface area contributed by atoms with E-state index in [2.05, 4.69) is 227 Å². The molecular weight excluding hydrogens is 845 g/mol. The summed E-state index contributed by atoms with van der Waals surface area (Å²) in [7, 11) is 0. The predicted molar refractivity (Wildman–Crippen MR) is 287 cm³/mol. The maximum Gasteiger partial charge on any atom is 0.137 e. The minimum Gasteiger partial charge on any atom is -0.457 e. The molecular formula is C63H54N4O2. The van der Waals surface area contributed by atoms with Crippen LogP contribution in [0, 0.1) is 6.92 Å². The smallest absolute Gasteiger partial charge is 0.137 e. The average Bonchev–Trinajstić information content (AvgIpc) is 4.03. The van der Waals surface area contributed by atoms with E-state index in [1.54, 1.807) is 0 Å². The van der Waals surface area contributed by atoms with Crippen LogP contribution in [-0.4, -0.2) is 16.2 Å². The molecule has 0 spiro atoms. The third-order valence-corrected chi connectivity index (χ3v) is 13.9. The van der Waals surface area contributed by atoms with Gasteiger partial charge in [-0.1, -0.05) is 126 Å². The molecule has 0 atom stereocenters. The molecule has 1 aliphatic rings. The van der Waals surface area contributed by atoms with Crippen molar-refractivity contribution in [1.82, 2.24) is 9.55 Å². The lowest BCUT2D eigenvalue weighted by Gasteiger charge is -2.29. The molecule has 0 fully saturated rings. The molecule has 11 aromatic rings. The van der Waals surface area contributed by atoms with Gasteiger partial charge < -0.3 is 19.0 Å². The molecule has 12 rings (SSSR count). The Balaban J connectivity index is 0.856. The zero-order valence-corrected chi connectivity index (χ0v) is 40.2. The number of para-hydroxylation sites is 4. The normalized spacial score (nSPS) is 13.0. The first-order valence-corrected chi connectivity index (χ1v) is 23.9. The van der Waals surface area contributed by atoms with Crippen LogP contribution in [0.2, 0.25) is 0 Å². The Kier molecular flexibility index (Phi) is 9.82. The summed E-state index contributed by atoms with van der Waals surface area (Å²) in [5, 5.41) is 4.57. The molecule has 0 saturated carbocycles. The van der Waals surface area contributed by atoms with E-state index in [-0.39, 0.29) is 10.8 Å². The molecule has 0 amide bonds. The van der Waals surface area contributed by atoms with Gasteiger partial charge in [0.1, 0.15) is 35.2 Å². The zero-order chi connectivity index (χ0) is 47.2. The van der Waals surface area contributed by atoms with E-state index in [0.717, 1.165) is 89.2 Å². The van der Waals surface area contributed by atoms with Crippen LogP contribution >= 0.6 is 0 Å². The summed E-state index contributed by atoms with van der Waals surface area (Å²) in [6.07, 6.45) is 2.01. The molecule has 0 radical (unpaired) electrons. The molecule has 338 valence electrons. The van der Waals surface area contributed by atoms with E-state index in [4.69, 9.17) is 14.1 Å². The minimum atomic E-state index is 0.0149. The van der Waals surface area contributed by atoms with E-state index >= 15 is 0 Å². The summed E-state index contributed by atoms with van der Waals surface area (Å²) in [6, 6.07) is 64.9. The Bertz CT molecular complexity index is 3770. The van der Waals surface area contributed by atoms with E-state index in [1.807, 2.05) is 24.4 Å². The number of furan rings is 1. The summed E-state index contributed by atoms with van der Waals surface area (Å²) < 4.78 is 15.3. The maximum atomic E-state index is 6.79. The number of rotatable bonds is 7. The van der Waals surface area contributed by atoms with Crippen LogP contribution in [0.25, 0.3) is 71.8 Å². The van der Waals surface area contributed by atoms with Gasteiger partial charge in [0.15, 0.2) is 0 Å². The Morgan fingerprint density at radius 3 is 1.87 bits per heavy atom. The van der Waals surface area contributed by atoms with Crippen molar-refractivity contribution < 1.29 is 9.15 Å². The number of ether oxygens (including phenoxy) is 1. The van der Waals surface area contributed by atoms with Crippen molar-refractivity contribution in [2.45, 2.75) is 59.3 Å². The summed E-state index contributed by atoms with van der Waals surface area (Å²) in [6.45, 7) is 16.7. The lowest BCUT2D eigenvalue weighted by Crippen LogP contribution is -2.25. The topological polar surface area (TPSA) is 46.7 Å². The molecule has 6 nitrogen and oxygen atoms in total. The summed E-state index contributed by atoms with van der Waals surface area (Å²) in [5.74, 6) is 2.38. The number of pyridine rings is 1. The molecule has 0 unspecified atom stereocenters. The number of nitrogens with zero attached hydrogens (tertiary/aromatic N) is 4. The van der Waals surface area contributed by atoms with Gasteiger partial charge in [-0.15, -0.1) is 0 Å². The van der Waals surface area contributed by atoms with Crippen LogP contribution in [0.3, 0.4) is 0 Å². The minimum absolute atomic E-state index is 0.0149. The van der Waals surface area contributed by atoms with Gasteiger partial charge in [-0.2, -0.15) is 0 Å². The molecule has 69 heavy (non-hydrogen) atoms. The fourth-order valence-electron chi connectivity index (χ4n) is 10.1. The highest BCUT2D eigenvalue weighted by molar-refractivity contribution is 6.09. The SMILES string of the molecule is Cc1cc(-n2c3ccccc3c3ccc(Oc4cccc(N5CN(c6cc(C(C)(C)C)cc(C(C)(C)C)c6)c6ccccc65)c4)cc32)ncc1-c1cccc(-c2ccc3c(c2)oc2ccccc23)c1. The lowest BCUT2D eigenvalue weighted by molar-refractivity contribution is 0.483. The number of hydrogen-bond acceptors (Lipinski definition) is 5. The fraction of sp³-hybridized carbons (Fsp3) is 0.159. The van der Waals surface area contributed by atoms with Crippen LogP contribution in [-0.2, 0) is 10.8 Å². The highest BCUT2D eigenvalue weighted by Crippen LogP contribution is 2.47. The van der Waals surface area contributed by atoms with E-state index in [1.165, 1.54) is 33.6 Å². The van der Waals surface area contributed by atoms with E-state index in [0.29, 0.717) is 6.67 Å². The number of aromatic nitrogens is 2. The van der Waals surface area contributed by atoms with Crippen molar-refractivity contribution >= 4 is 66.5 Å². The van der Waals surface area contributed by atoms with Crippen molar-refractivity contribution in [3.05, 3.63) is 205 Å². The van der Waals surface area contributed by atoms with Crippen LogP contribution in [0.1, 0.15) is 58.2 Å². The van der Waals surface area contributed by atoms with Crippen LogP contribution < -0.4 is 14.5 Å². The third-order valence-electron chi connectivity index (χ3n) is 13.9. The second kappa shape index (κ2) is 16.0. The van der Waals surface area contributed by atoms with E-state index < -0.39 is 0 Å². The van der Waals surface area contributed by atoms with Gasteiger partial charge in [0.25, 0.3) is 0 Å². The average molecular weight is 899 g/mol. The highest BCUT2D eigenvalue weighted by atomic mass is 16.5. The Morgan fingerprint density at radius 1 is 0.478 bits per heavy atom. The monoisotopic (exact) mass is 898 g/mol. The quantitative estimate of drug-likeness (QED) is 0.159. The molecule has 3 aromatic heterocycles. The lowest BCUT2D eigenvalue weighted by atomic mass is 9.80. The number of fused-ring (bicyclic) bond motifs is 7. The molecule has 1 aliphatic heterocycles. The van der Waals surface area contributed by atoms with Crippen molar-refractivity contribution in [2.24, 2.45) is 0 Å². The van der Waals surface area contributed by atoms with Crippen molar-refractivity contribution in [2.75, 3.05) is 16.5 Å². The highest BCUT2D eigenvalue weighted by Gasteiger charge is 2.30. The van der Waals surface area contributed by atoms with Crippen molar-refractivity contribution in [3.63, 3.8) is 0 Å². The van der Waals surface area contributed by atoms with Gasteiger partial charge in [0.2, 0.25) is 0 Å². The maximum absolute atomic E-state index is 6.79. The van der Waals surface area contributed by atoms with Gasteiger partial charge in [0, 0.05) is 56.8 Å². The number of aryl methyl sites for hydroxylation is 1. The molecule has 0 saturated heterocycles. The first-order valence-electron chi connectivity index (χ1n) is 23.9. The van der Waals surface area contributed by atoms with Crippen molar-refractivity contribution in [1.29, 1.82) is 0 Å². The zero-order valence-electron chi connectivity index (χ0n) is 40.2. The Labute approximate surface area is 403 Å². The first kappa shape index (κ1) is 42.3. The second-order valence-corrected chi connectivity index (χ2v) is 20.6. The molecule has 6 heteroatoms. The first-order chi connectivity index (χ1) is 33.3. The number of anilines is 4. The predicted octanol–water partition coefficient (Wildman–Crippen LogP) is 17.4. The van der Waals surface area contributed by atoms with Gasteiger partial charge in [0.05, 0.1) is 22.4 Å². The number of hydrogen-bond donors (Lipinski definition) is 0. The van der Waals surface area contributed by atoms with Gasteiger partial charge in [-0.05, 0) is 136 Å². The van der Waals surface area contributed by atoms with Crippen LogP contribution in [0.15, 0.2) is 193 Å². The van der Waals surface area contributed by atoms with Crippen molar-refractivity contribution in [3.8, 4) is 39.6 Å². The fourth-order valence-corrected chi connectivity index (χ4v) is 10.1. The Hall–Kier alpha value is -8.09. The summed E-state index contributed by atoms with van der Waals surface area (Å²) in [4.78, 5) is 10.0. The molecule has 0 N–H and O–H groups in total. The molecule has 0 aliphatic carbocycles. The van der Waals surface area contributed by atoms with Gasteiger partial charge in [-0.3, -0.25) is 4.57 Å². The number of benzene rings is 8. The van der Waals surface area contributed by atoms with Crippen LogP contribution in [0.4, 0.5) is 22.7 Å². The molecule has 4 heterocycles. The molecule has 0 bridgehead atoms. The Morgan fingerprint density at radius 2 is 1.10 bits per heavy atom. The third kappa shape index (κ3) is 7.48. The molecule has 8 aromatic carbocycles. The van der Waals surface area contributed by atoms with Gasteiger partial charge >= 0.3 is 0 Å². The standard InChI is InChI=1S/C63H54N4O2/c1-40-30-61(64-38-54(40)43-17-14-16-41(31-43)42-26-28-53-52-21-9-13-25-59(52)69-60(53)32-42)67-55-22-10-8-20-50(55)51-29-27-49(37-58(51)67)68-48-19-15-18-46(36-48)65-39-66(57-24-12-11-23-56(57)65)47-34-44(62(2,3)4)33-45(35-47)63(5,6)7/h8-38H,39H2,1-7H3. The largest absolute Gasteiger partial charge is 0.457 e. The summed E-state index contributed by atoms with van der Waals surface area (Å²) in [5.41, 5.74) is 16.8. The van der Waals surface area contributed by atoms with Crippen LogP contribution in [0.5, 0.6) is 11.5 Å². The van der Waals surface area contributed by atoms with E-state index in [9.17, 15) is 0 Å².